The molecule has 16 nitrogen and oxygen atoms in total. The molecule has 0 unspecified atom stereocenters. The third kappa shape index (κ3) is 22.8. The molecular formula is C37H47ClF6N2O14. The molecule has 0 radical (unpaired) electrons. The van der Waals surface area contributed by atoms with Crippen molar-refractivity contribution in [1.82, 2.24) is 0 Å². The molecular weight excluding hydrogens is 846 g/mol. The number of carboxylic acids is 1. The number of halogens is 7. The molecule has 0 bridgehead atoms. The highest BCUT2D eigenvalue weighted by atomic mass is 35.5. The van der Waals surface area contributed by atoms with E-state index in [1.807, 2.05) is 0 Å². The zero-order chi connectivity index (χ0) is 47.3. The number of hydrogen-bond donors (Lipinski definition) is 4. The van der Waals surface area contributed by atoms with Crippen LogP contribution >= 0.6 is 11.6 Å². The van der Waals surface area contributed by atoms with Gasteiger partial charge in [-0.15, -0.1) is 0 Å². The van der Waals surface area contributed by atoms with Crippen molar-refractivity contribution in [3.8, 4) is 0 Å². The number of rotatable bonds is 6. The van der Waals surface area contributed by atoms with Crippen LogP contribution in [-0.2, 0) is 70.3 Å². The number of aliphatic hydroxyl groups excluding tert-OH is 1. The lowest BCUT2D eigenvalue weighted by Gasteiger charge is -2.29. The van der Waals surface area contributed by atoms with Gasteiger partial charge in [-0.2, -0.15) is 0 Å². The highest BCUT2D eigenvalue weighted by Crippen LogP contribution is 2.24. The lowest BCUT2D eigenvalue weighted by molar-refractivity contribution is -0.231. The van der Waals surface area contributed by atoms with Crippen LogP contribution in [0, 0.1) is 40.3 Å². The van der Waals surface area contributed by atoms with Crippen LogP contribution in [0.15, 0.2) is 35.6 Å². The number of aliphatic carboxylic acids is 1. The fraction of sp³-hybridized carbons (Fsp3) is 0.459. The lowest BCUT2D eigenvalue weighted by atomic mass is 10.00. The molecule has 6 N–H and O–H groups in total. The number of ether oxygens (including phenoxy) is 6. The number of hydrogen-bond acceptors (Lipinski definition) is 15. The van der Waals surface area contributed by atoms with Crippen molar-refractivity contribution in [3.63, 3.8) is 0 Å². The van der Waals surface area contributed by atoms with Crippen molar-refractivity contribution in [1.29, 1.82) is 0 Å². The fourth-order valence-electron chi connectivity index (χ4n) is 3.51. The smallest absolute Gasteiger partial charge is 0.352 e. The van der Waals surface area contributed by atoms with Crippen molar-refractivity contribution < 1.29 is 93.7 Å². The Labute approximate surface area is 345 Å². The van der Waals surface area contributed by atoms with Gasteiger partial charge in [0.1, 0.15) is 60.3 Å². The van der Waals surface area contributed by atoms with E-state index in [2.05, 4.69) is 18.9 Å². The molecule has 4 rings (SSSR count). The maximum absolute atomic E-state index is 12.6. The summed E-state index contributed by atoms with van der Waals surface area (Å²) < 4.78 is 102. The number of aliphatic hydroxyl groups is 1. The van der Waals surface area contributed by atoms with Gasteiger partial charge in [-0.25, -0.2) is 40.7 Å². The summed E-state index contributed by atoms with van der Waals surface area (Å²) in [6, 6.07) is 2.41. The van der Waals surface area contributed by atoms with Crippen LogP contribution in [0.5, 0.6) is 0 Å². The second-order valence-corrected chi connectivity index (χ2v) is 13.8. The highest BCUT2D eigenvalue weighted by molar-refractivity contribution is 6.64. The quantitative estimate of drug-likeness (QED) is 0.0558. The number of esters is 4. The summed E-state index contributed by atoms with van der Waals surface area (Å²) >= 11 is 5.11. The molecule has 2 aromatic carbocycles. The molecule has 2 aliphatic heterocycles. The molecule has 0 aliphatic carbocycles. The van der Waals surface area contributed by atoms with Gasteiger partial charge in [0.05, 0.1) is 0 Å². The Bertz CT molecular complexity index is 1710. The summed E-state index contributed by atoms with van der Waals surface area (Å²) in [6.07, 6.45) is -0.274. The predicted molar refractivity (Wildman–Crippen MR) is 197 cm³/mol. The largest absolute Gasteiger partial charge is 0.509 e. The van der Waals surface area contributed by atoms with Gasteiger partial charge >= 0.3 is 29.8 Å². The van der Waals surface area contributed by atoms with E-state index in [-0.39, 0.29) is 54.5 Å². The monoisotopic (exact) mass is 892 g/mol. The van der Waals surface area contributed by atoms with Gasteiger partial charge < -0.3 is 50.1 Å². The van der Waals surface area contributed by atoms with Gasteiger partial charge in [0.25, 0.3) is 11.6 Å². The van der Waals surface area contributed by atoms with E-state index in [1.54, 1.807) is 20.8 Å². The van der Waals surface area contributed by atoms with Crippen LogP contribution in [0.25, 0.3) is 0 Å². The van der Waals surface area contributed by atoms with Crippen molar-refractivity contribution in [3.05, 3.63) is 81.6 Å². The van der Waals surface area contributed by atoms with Gasteiger partial charge in [-0.1, -0.05) is 20.8 Å². The third-order valence-corrected chi connectivity index (χ3v) is 6.71. The van der Waals surface area contributed by atoms with E-state index in [0.717, 1.165) is 0 Å². The van der Waals surface area contributed by atoms with Crippen LogP contribution in [0.3, 0.4) is 0 Å². The molecule has 338 valence electrons. The summed E-state index contributed by atoms with van der Waals surface area (Å²) in [6.45, 7) is 10.2. The standard InChI is InChI=1S/C9H12O6.2C7H6F3N.C6H8O4.C5H9ClO.C3H6O3/c1-9(2)14-7(11)6(8(12)15-9)5(10)4-13-3;2*8-4-1-6(9)5(3-11)7(10)2-4;1-6(2)9-4(7)3-5(8)10-6;1-5(2,3)4(6)7;1-6-2-3(4)5/h10H,4H2,1-3H3;2*1-2H,3,11H2;3H2,1-2H3;1-3H3;2H2,1H3,(H,4,5). The number of carboxylic acid groups (broad SMARTS) is 1. The van der Waals surface area contributed by atoms with Crippen LogP contribution in [-0.4, -0.2) is 84.3 Å². The first-order chi connectivity index (χ1) is 27.4. The Morgan fingerprint density at radius 3 is 1.20 bits per heavy atom. The van der Waals surface area contributed by atoms with E-state index in [4.69, 9.17) is 37.6 Å². The maximum atomic E-state index is 12.6. The molecule has 0 spiro atoms. The normalized spacial score (nSPS) is 14.7. The van der Waals surface area contributed by atoms with Crippen molar-refractivity contribution >= 4 is 46.7 Å². The molecule has 0 aromatic heterocycles. The molecule has 60 heavy (non-hydrogen) atoms. The highest BCUT2D eigenvalue weighted by Gasteiger charge is 2.41. The first kappa shape index (κ1) is 56.8. The topological polar surface area (TPSA) is 250 Å². The fourth-order valence-corrected chi connectivity index (χ4v) is 3.51. The molecule has 2 fully saturated rings. The minimum absolute atomic E-state index is 0.208. The first-order valence-electron chi connectivity index (χ1n) is 16.8. The summed E-state index contributed by atoms with van der Waals surface area (Å²) in [4.78, 5) is 63.5. The average Bonchev–Trinajstić information content (AvgIpc) is 3.03. The Kier molecular flexibility index (Phi) is 24.6. The third-order valence-electron chi connectivity index (χ3n) is 6.14. The van der Waals surface area contributed by atoms with E-state index in [0.29, 0.717) is 24.3 Å². The van der Waals surface area contributed by atoms with Crippen molar-refractivity contribution in [2.75, 3.05) is 27.4 Å². The van der Waals surface area contributed by atoms with E-state index < -0.39 is 87.7 Å². The van der Waals surface area contributed by atoms with Gasteiger partial charge in [0.15, 0.2) is 5.57 Å². The number of cyclic esters (lactones) is 4. The average molecular weight is 893 g/mol. The first-order valence-corrected chi connectivity index (χ1v) is 17.1. The van der Waals surface area contributed by atoms with Gasteiger partial charge in [-0.3, -0.25) is 14.4 Å². The number of carbonyl (C=O) groups is 6. The molecule has 0 saturated carbocycles. The second kappa shape index (κ2) is 26.0. The minimum atomic E-state index is -1.30. The van der Waals surface area contributed by atoms with Crippen LogP contribution in [0.1, 0.15) is 66.0 Å². The number of carbonyl (C=O) groups excluding carboxylic acids is 5. The molecule has 2 aliphatic rings. The van der Waals surface area contributed by atoms with Crippen LogP contribution in [0.2, 0.25) is 0 Å². The van der Waals surface area contributed by atoms with E-state index >= 15 is 0 Å². The van der Waals surface area contributed by atoms with Gasteiger partial charge in [-0.05, 0) is 11.6 Å². The maximum Gasteiger partial charge on any atom is 0.352 e. The molecule has 23 heteroatoms. The second-order valence-electron chi connectivity index (χ2n) is 13.4. The molecule has 2 heterocycles. The molecule has 2 saturated heterocycles. The van der Waals surface area contributed by atoms with E-state index in [9.17, 15) is 60.2 Å². The van der Waals surface area contributed by atoms with Crippen LogP contribution < -0.4 is 11.5 Å². The molecule has 0 atom stereocenters. The Morgan fingerprint density at radius 1 is 0.683 bits per heavy atom. The lowest BCUT2D eigenvalue weighted by Crippen LogP contribution is -2.42. The summed E-state index contributed by atoms with van der Waals surface area (Å²) in [5, 5.41) is 16.8. The predicted octanol–water partition coefficient (Wildman–Crippen LogP) is 5.13. The molecule has 2 aromatic rings. The van der Waals surface area contributed by atoms with E-state index in [1.165, 1.54) is 41.9 Å². The summed E-state index contributed by atoms with van der Waals surface area (Å²) in [5.74, 6) is -12.3. The Balaban J connectivity index is 0. The summed E-state index contributed by atoms with van der Waals surface area (Å²) in [7, 11) is 2.66. The zero-order valence-electron chi connectivity index (χ0n) is 33.9. The van der Waals surface area contributed by atoms with Crippen LogP contribution in [0.4, 0.5) is 26.3 Å². The van der Waals surface area contributed by atoms with Crippen molar-refractivity contribution in [2.45, 2.75) is 79.6 Å². The minimum Gasteiger partial charge on any atom is -0.509 e. The Morgan fingerprint density at radius 2 is 0.983 bits per heavy atom. The van der Waals surface area contributed by atoms with Gasteiger partial charge in [0, 0.05) is 95.8 Å². The Hall–Kier alpha value is -5.29. The van der Waals surface area contributed by atoms with Gasteiger partial charge in [0.2, 0.25) is 5.24 Å². The molecule has 0 amide bonds. The SMILES string of the molecule is CC(C)(C)C(=O)Cl.CC1(C)OC(=O)CC(=O)O1.COCC(=O)O.COCC(O)=C1C(=O)OC(C)(C)OC1=O.NCc1c(F)cc(F)cc1F.NCc1c(F)cc(F)cc1F. The number of methoxy groups -OCH3 is 2. The number of benzene rings is 2. The van der Waals surface area contributed by atoms with Crippen molar-refractivity contribution in [2.24, 2.45) is 16.9 Å². The summed E-state index contributed by atoms with van der Waals surface area (Å²) in [5.41, 5.74) is 8.54. The number of nitrogens with two attached hydrogens (primary N) is 2. The zero-order valence-corrected chi connectivity index (χ0v) is 34.7.